The standard InChI is InChI=1S/C25H31N3O4S/c1-4-31-19-9-7-17(13-20(19)32-5-2)10-11-26-22(29)14-28-15-27-24-23(25(28)30)18-8-6-16(3)12-21(18)33-24/h7,9,13,15-16H,4-6,8,10-12,14H2,1-3H3,(H,26,29). The number of nitrogens with zero attached hydrogens (tertiary/aromatic N) is 2. The molecule has 0 radical (unpaired) electrons. The van der Waals surface area contributed by atoms with E-state index in [-0.39, 0.29) is 18.0 Å². The summed E-state index contributed by atoms with van der Waals surface area (Å²) in [5.41, 5.74) is 2.07. The van der Waals surface area contributed by atoms with Crippen LogP contribution < -0.4 is 20.3 Å². The number of benzene rings is 1. The van der Waals surface area contributed by atoms with Crippen molar-refractivity contribution in [1.82, 2.24) is 14.9 Å². The minimum absolute atomic E-state index is 0.0315. The quantitative estimate of drug-likeness (QED) is 0.516. The summed E-state index contributed by atoms with van der Waals surface area (Å²) in [5.74, 6) is 1.87. The Morgan fingerprint density at radius 2 is 2.03 bits per heavy atom. The molecule has 0 bridgehead atoms. The zero-order valence-electron chi connectivity index (χ0n) is 19.5. The summed E-state index contributed by atoms with van der Waals surface area (Å²) < 4.78 is 12.7. The van der Waals surface area contributed by atoms with Crippen LogP contribution in [0.25, 0.3) is 10.2 Å². The maximum Gasteiger partial charge on any atom is 0.262 e. The van der Waals surface area contributed by atoms with Crippen molar-refractivity contribution in [3.8, 4) is 11.5 Å². The number of carbonyl (C=O) groups excluding carboxylic acids is 1. The first-order valence-corrected chi connectivity index (χ1v) is 12.5. The number of rotatable bonds is 9. The van der Waals surface area contributed by atoms with E-state index in [1.807, 2.05) is 32.0 Å². The lowest BCUT2D eigenvalue weighted by Gasteiger charge is -2.17. The van der Waals surface area contributed by atoms with E-state index >= 15 is 0 Å². The van der Waals surface area contributed by atoms with Gasteiger partial charge in [-0.05, 0) is 68.7 Å². The summed E-state index contributed by atoms with van der Waals surface area (Å²) in [4.78, 5) is 32.2. The van der Waals surface area contributed by atoms with Gasteiger partial charge in [0.05, 0.1) is 24.9 Å². The van der Waals surface area contributed by atoms with E-state index in [2.05, 4.69) is 17.2 Å². The molecule has 1 aromatic carbocycles. The van der Waals surface area contributed by atoms with Gasteiger partial charge >= 0.3 is 0 Å². The number of carbonyl (C=O) groups is 1. The van der Waals surface area contributed by atoms with E-state index in [4.69, 9.17) is 9.47 Å². The van der Waals surface area contributed by atoms with E-state index in [0.29, 0.717) is 43.2 Å². The summed E-state index contributed by atoms with van der Waals surface area (Å²) in [6, 6.07) is 5.82. The van der Waals surface area contributed by atoms with Crippen molar-refractivity contribution >= 4 is 27.5 Å². The fourth-order valence-electron chi connectivity index (χ4n) is 4.29. The predicted molar refractivity (Wildman–Crippen MR) is 131 cm³/mol. The van der Waals surface area contributed by atoms with Crippen LogP contribution >= 0.6 is 11.3 Å². The number of hydrogen-bond donors (Lipinski definition) is 1. The molecule has 0 spiro atoms. The SMILES string of the molecule is CCOc1ccc(CCNC(=O)Cn2cnc3sc4c(c3c2=O)CCC(C)C4)cc1OCC. The lowest BCUT2D eigenvalue weighted by Crippen LogP contribution is -2.33. The Balaban J connectivity index is 1.39. The maximum atomic E-state index is 13.1. The monoisotopic (exact) mass is 469 g/mol. The Labute approximate surface area is 197 Å². The van der Waals surface area contributed by atoms with Crippen molar-refractivity contribution in [3.05, 3.63) is 50.9 Å². The highest BCUT2D eigenvalue weighted by Gasteiger charge is 2.23. The smallest absolute Gasteiger partial charge is 0.262 e. The van der Waals surface area contributed by atoms with Crippen LogP contribution in [0.3, 0.4) is 0 Å². The van der Waals surface area contributed by atoms with Crippen LogP contribution in [0.2, 0.25) is 0 Å². The highest BCUT2D eigenvalue weighted by molar-refractivity contribution is 7.18. The van der Waals surface area contributed by atoms with Crippen LogP contribution in [0, 0.1) is 5.92 Å². The molecule has 2 aromatic heterocycles. The molecule has 1 atom stereocenters. The summed E-state index contributed by atoms with van der Waals surface area (Å²) >= 11 is 1.62. The third kappa shape index (κ3) is 5.21. The maximum absolute atomic E-state index is 13.1. The lowest BCUT2D eigenvalue weighted by molar-refractivity contribution is -0.121. The molecule has 0 fully saturated rings. The number of aryl methyl sites for hydroxylation is 1. The molecule has 1 aliphatic rings. The largest absolute Gasteiger partial charge is 0.490 e. The molecule has 1 N–H and O–H groups in total. The normalized spacial score (nSPS) is 15.3. The molecule has 1 amide bonds. The molecule has 2 heterocycles. The lowest BCUT2D eigenvalue weighted by atomic mass is 9.89. The van der Waals surface area contributed by atoms with E-state index < -0.39 is 0 Å². The predicted octanol–water partition coefficient (Wildman–Crippen LogP) is 3.74. The number of nitrogens with one attached hydrogen (secondary N) is 1. The summed E-state index contributed by atoms with van der Waals surface area (Å²) in [7, 11) is 0. The fraction of sp³-hybridized carbons (Fsp3) is 0.480. The number of amides is 1. The average Bonchev–Trinajstić information content (AvgIpc) is 3.16. The second-order valence-electron chi connectivity index (χ2n) is 8.46. The van der Waals surface area contributed by atoms with Crippen LogP contribution in [0.15, 0.2) is 29.3 Å². The number of fused-ring (bicyclic) bond motifs is 3. The number of hydrogen-bond acceptors (Lipinski definition) is 6. The van der Waals surface area contributed by atoms with Crippen LogP contribution in [-0.4, -0.2) is 35.2 Å². The Morgan fingerprint density at radius 1 is 1.24 bits per heavy atom. The number of ether oxygens (including phenoxy) is 2. The van der Waals surface area contributed by atoms with Crippen molar-refractivity contribution in [1.29, 1.82) is 0 Å². The van der Waals surface area contributed by atoms with Crippen LogP contribution in [0.4, 0.5) is 0 Å². The van der Waals surface area contributed by atoms with Crippen molar-refractivity contribution in [2.45, 2.75) is 53.0 Å². The molecule has 0 saturated heterocycles. The first-order chi connectivity index (χ1) is 16.0. The second kappa shape index (κ2) is 10.4. The van der Waals surface area contributed by atoms with Gasteiger partial charge in [0.25, 0.3) is 5.56 Å². The number of thiophene rings is 1. The van der Waals surface area contributed by atoms with E-state index in [1.165, 1.54) is 15.8 Å². The first kappa shape index (κ1) is 23.3. The second-order valence-corrected chi connectivity index (χ2v) is 9.54. The van der Waals surface area contributed by atoms with Gasteiger partial charge in [0.15, 0.2) is 11.5 Å². The highest BCUT2D eigenvalue weighted by Crippen LogP contribution is 2.35. The topological polar surface area (TPSA) is 82.5 Å². The molecular formula is C25H31N3O4S. The highest BCUT2D eigenvalue weighted by atomic mass is 32.1. The Kier molecular flexibility index (Phi) is 7.33. The molecule has 176 valence electrons. The Morgan fingerprint density at radius 3 is 2.82 bits per heavy atom. The van der Waals surface area contributed by atoms with Gasteiger partial charge in [-0.2, -0.15) is 0 Å². The molecular weight excluding hydrogens is 438 g/mol. The van der Waals surface area contributed by atoms with Crippen LogP contribution in [-0.2, 0) is 30.6 Å². The summed E-state index contributed by atoms with van der Waals surface area (Å²) in [5, 5.41) is 3.62. The molecule has 1 aliphatic carbocycles. The molecule has 33 heavy (non-hydrogen) atoms. The molecule has 7 nitrogen and oxygen atoms in total. The Hall–Kier alpha value is -2.87. The number of aromatic nitrogens is 2. The molecule has 3 aromatic rings. The fourth-order valence-corrected chi connectivity index (χ4v) is 5.63. The third-order valence-electron chi connectivity index (χ3n) is 5.94. The van der Waals surface area contributed by atoms with Gasteiger partial charge in [-0.3, -0.25) is 14.2 Å². The summed E-state index contributed by atoms with van der Waals surface area (Å²) in [6.45, 7) is 7.68. The van der Waals surface area contributed by atoms with Crippen LogP contribution in [0.5, 0.6) is 11.5 Å². The van der Waals surface area contributed by atoms with Gasteiger partial charge in [0, 0.05) is 11.4 Å². The van der Waals surface area contributed by atoms with E-state index in [9.17, 15) is 9.59 Å². The van der Waals surface area contributed by atoms with Crippen molar-refractivity contribution in [3.63, 3.8) is 0 Å². The minimum atomic E-state index is -0.202. The molecule has 0 saturated carbocycles. The van der Waals surface area contributed by atoms with Gasteiger partial charge in [-0.1, -0.05) is 13.0 Å². The van der Waals surface area contributed by atoms with Crippen LogP contribution in [0.1, 0.15) is 43.2 Å². The minimum Gasteiger partial charge on any atom is -0.490 e. The molecule has 8 heteroatoms. The van der Waals surface area contributed by atoms with E-state index in [0.717, 1.165) is 41.0 Å². The first-order valence-electron chi connectivity index (χ1n) is 11.6. The average molecular weight is 470 g/mol. The molecule has 1 unspecified atom stereocenters. The Bertz CT molecular complexity index is 1200. The zero-order valence-corrected chi connectivity index (χ0v) is 20.3. The molecule has 4 rings (SSSR count). The van der Waals surface area contributed by atoms with Gasteiger partial charge < -0.3 is 14.8 Å². The van der Waals surface area contributed by atoms with E-state index in [1.54, 1.807) is 11.3 Å². The zero-order chi connectivity index (χ0) is 23.4. The van der Waals surface area contributed by atoms with Crippen molar-refractivity contribution in [2.24, 2.45) is 5.92 Å². The van der Waals surface area contributed by atoms with Gasteiger partial charge in [-0.15, -0.1) is 11.3 Å². The van der Waals surface area contributed by atoms with Gasteiger partial charge in [-0.25, -0.2) is 4.98 Å². The summed E-state index contributed by atoms with van der Waals surface area (Å²) in [6.07, 6.45) is 5.16. The van der Waals surface area contributed by atoms with Gasteiger partial charge in [0.2, 0.25) is 5.91 Å². The van der Waals surface area contributed by atoms with Crippen molar-refractivity contribution in [2.75, 3.05) is 19.8 Å². The van der Waals surface area contributed by atoms with Crippen molar-refractivity contribution < 1.29 is 14.3 Å². The third-order valence-corrected chi connectivity index (χ3v) is 7.10. The molecule has 0 aliphatic heterocycles. The van der Waals surface area contributed by atoms with Gasteiger partial charge in [0.1, 0.15) is 11.4 Å².